The molecule has 0 bridgehead atoms. The van der Waals surface area contributed by atoms with Crippen molar-refractivity contribution < 1.29 is 0 Å². The van der Waals surface area contributed by atoms with Gasteiger partial charge >= 0.3 is 0 Å². The number of alkyl halides is 1. The monoisotopic (exact) mass is 253 g/mol. The van der Waals surface area contributed by atoms with Crippen LogP contribution in [-0.4, -0.2) is 16.9 Å². The fourth-order valence-electron chi connectivity index (χ4n) is 0.559. The van der Waals surface area contributed by atoms with Crippen molar-refractivity contribution >= 4 is 32.9 Å². The first-order valence-corrected chi connectivity index (χ1v) is 3.43. The molecule has 3 heteroatoms. The van der Waals surface area contributed by atoms with Gasteiger partial charge in [0.1, 0.15) is 4.95 Å². The molecule has 0 aromatic carbocycles. The van der Waals surface area contributed by atoms with E-state index >= 15 is 0 Å². The second-order valence-corrected chi connectivity index (χ2v) is 2.70. The Hall–Kier alpha value is 0.240. The molecule has 9 heavy (non-hydrogen) atoms. The zero-order valence-corrected chi connectivity index (χ0v) is 8.42. The summed E-state index contributed by atoms with van der Waals surface area (Å²) in [5, 5.41) is 0. The third kappa shape index (κ3) is 2.54. The summed E-state index contributed by atoms with van der Waals surface area (Å²) in [4.78, 5) is 2.47. The number of likely N-dealkylation sites (N-methyl/N-ethyl adjacent to an activating group) is 1. The molecule has 1 atom stereocenters. The predicted molar refractivity (Wildman–Crippen MR) is 49.1 cm³/mol. The topological polar surface area (TPSA) is 3.24 Å². The zero-order valence-electron chi connectivity index (χ0n) is 5.12. The van der Waals surface area contributed by atoms with Gasteiger partial charge in [0.2, 0.25) is 0 Å². The molecule has 0 amide bonds. The molecule has 0 aromatic rings. The number of halogens is 2. The zero-order chi connectivity index (χ0) is 5.98. The Kier molecular flexibility index (Phi) is 4.23. The van der Waals surface area contributed by atoms with Crippen LogP contribution < -0.4 is 0 Å². The van der Waals surface area contributed by atoms with Crippen LogP contribution >= 0.6 is 32.9 Å². The molecule has 1 heterocycles. The van der Waals surface area contributed by atoms with Gasteiger partial charge in [-0.25, -0.2) is 0 Å². The normalized spacial score (nSPS) is 23.8. The second kappa shape index (κ2) is 4.12. The minimum atomic E-state index is 0. The Labute approximate surface area is 74.3 Å². The first kappa shape index (κ1) is 9.24. The average Bonchev–Trinajstić information content (AvgIpc) is 1.77. The van der Waals surface area contributed by atoms with Gasteiger partial charge in [0, 0.05) is 13.2 Å². The predicted octanol–water partition coefficient (Wildman–Crippen LogP) is 2.30. The molecule has 0 saturated heterocycles. The van der Waals surface area contributed by atoms with E-state index in [0.29, 0.717) is 4.95 Å². The van der Waals surface area contributed by atoms with Crippen LogP contribution in [0.2, 0.25) is 0 Å². The lowest BCUT2D eigenvalue weighted by atomic mass is 10.4. The highest BCUT2D eigenvalue weighted by Gasteiger charge is 2.02. The Bertz CT molecular complexity index is 115. The molecule has 1 unspecified atom stereocenters. The Balaban J connectivity index is 0.000000640. The smallest absolute Gasteiger partial charge is 0.103 e. The SMILES string of the molecule is Br.CN1C=CC=CC1Br. The largest absolute Gasteiger partial charge is 0.365 e. The Morgan fingerprint density at radius 1 is 1.44 bits per heavy atom. The maximum absolute atomic E-state index is 3.44. The molecule has 1 rings (SSSR count). The molecule has 0 N–H and O–H groups in total. The van der Waals surface area contributed by atoms with Crippen LogP contribution in [0.1, 0.15) is 0 Å². The Morgan fingerprint density at radius 3 is 2.44 bits per heavy atom. The number of allylic oxidation sites excluding steroid dienone is 2. The highest BCUT2D eigenvalue weighted by Crippen LogP contribution is 2.10. The van der Waals surface area contributed by atoms with E-state index in [1.165, 1.54) is 0 Å². The number of hydrogen-bond acceptors (Lipinski definition) is 1. The lowest BCUT2D eigenvalue weighted by molar-refractivity contribution is 0.480. The molecule has 0 spiro atoms. The van der Waals surface area contributed by atoms with Gasteiger partial charge in [0.15, 0.2) is 0 Å². The Morgan fingerprint density at radius 2 is 2.11 bits per heavy atom. The second-order valence-electron chi connectivity index (χ2n) is 1.76. The summed E-state index contributed by atoms with van der Waals surface area (Å²) in [6.45, 7) is 0. The van der Waals surface area contributed by atoms with E-state index < -0.39 is 0 Å². The number of rotatable bonds is 0. The number of hydrogen-bond donors (Lipinski definition) is 0. The van der Waals surface area contributed by atoms with Crippen molar-refractivity contribution in [1.29, 1.82) is 0 Å². The van der Waals surface area contributed by atoms with Gasteiger partial charge < -0.3 is 4.90 Å². The van der Waals surface area contributed by atoms with E-state index in [1.54, 1.807) is 0 Å². The van der Waals surface area contributed by atoms with Crippen LogP contribution in [-0.2, 0) is 0 Å². The van der Waals surface area contributed by atoms with Crippen molar-refractivity contribution in [2.24, 2.45) is 0 Å². The molecule has 0 fully saturated rings. The van der Waals surface area contributed by atoms with Gasteiger partial charge in [-0.15, -0.1) is 17.0 Å². The van der Waals surface area contributed by atoms with E-state index in [2.05, 4.69) is 26.9 Å². The van der Waals surface area contributed by atoms with Crippen LogP contribution in [0, 0.1) is 0 Å². The fraction of sp³-hybridized carbons (Fsp3) is 0.333. The first-order chi connectivity index (χ1) is 3.80. The third-order valence-corrected chi connectivity index (χ3v) is 2.04. The fourth-order valence-corrected chi connectivity index (χ4v) is 0.872. The average molecular weight is 255 g/mol. The quantitative estimate of drug-likeness (QED) is 0.474. The van der Waals surface area contributed by atoms with Crippen molar-refractivity contribution in [1.82, 2.24) is 4.90 Å². The lowest BCUT2D eigenvalue weighted by Gasteiger charge is -2.19. The van der Waals surface area contributed by atoms with Crippen LogP contribution in [0.15, 0.2) is 24.4 Å². The molecular weight excluding hydrogens is 246 g/mol. The summed E-state index contributed by atoms with van der Waals surface area (Å²) in [7, 11) is 2.03. The van der Waals surface area contributed by atoms with Crippen molar-refractivity contribution in [2.45, 2.75) is 4.95 Å². The molecule has 1 nitrogen and oxygen atoms in total. The van der Waals surface area contributed by atoms with Gasteiger partial charge in [-0.2, -0.15) is 0 Å². The van der Waals surface area contributed by atoms with Gasteiger partial charge in [-0.05, 0) is 6.08 Å². The van der Waals surface area contributed by atoms with Crippen molar-refractivity contribution in [2.75, 3.05) is 7.05 Å². The van der Waals surface area contributed by atoms with Gasteiger partial charge in [0.25, 0.3) is 0 Å². The molecule has 1 aliphatic rings. The molecule has 0 radical (unpaired) electrons. The van der Waals surface area contributed by atoms with E-state index in [9.17, 15) is 0 Å². The van der Waals surface area contributed by atoms with E-state index in [0.717, 1.165) is 0 Å². The molecule has 0 saturated carbocycles. The first-order valence-electron chi connectivity index (χ1n) is 2.52. The highest BCUT2D eigenvalue weighted by molar-refractivity contribution is 9.09. The minimum Gasteiger partial charge on any atom is -0.365 e. The summed E-state index contributed by atoms with van der Waals surface area (Å²) >= 11 is 3.44. The van der Waals surface area contributed by atoms with Gasteiger partial charge in [0.05, 0.1) is 0 Å². The van der Waals surface area contributed by atoms with Crippen LogP contribution in [0.5, 0.6) is 0 Å². The third-order valence-electron chi connectivity index (χ3n) is 1.09. The van der Waals surface area contributed by atoms with Crippen LogP contribution in [0.25, 0.3) is 0 Å². The van der Waals surface area contributed by atoms with Crippen LogP contribution in [0.3, 0.4) is 0 Å². The summed E-state index contributed by atoms with van der Waals surface area (Å²) < 4.78 is 0. The molecule has 52 valence electrons. The summed E-state index contributed by atoms with van der Waals surface area (Å²) in [6.07, 6.45) is 8.15. The maximum atomic E-state index is 3.44. The maximum Gasteiger partial charge on any atom is 0.103 e. The molecule has 0 aliphatic carbocycles. The molecular formula is C6H9Br2N. The minimum absolute atomic E-state index is 0. The van der Waals surface area contributed by atoms with Gasteiger partial charge in [-0.1, -0.05) is 28.1 Å². The summed E-state index contributed by atoms with van der Waals surface area (Å²) in [6, 6.07) is 0. The van der Waals surface area contributed by atoms with E-state index in [4.69, 9.17) is 0 Å². The highest BCUT2D eigenvalue weighted by atomic mass is 79.9. The molecule has 1 aliphatic heterocycles. The van der Waals surface area contributed by atoms with Crippen molar-refractivity contribution in [3.05, 3.63) is 24.4 Å². The van der Waals surface area contributed by atoms with Crippen molar-refractivity contribution in [3.8, 4) is 0 Å². The van der Waals surface area contributed by atoms with E-state index in [1.807, 2.05) is 25.4 Å². The van der Waals surface area contributed by atoms with Gasteiger partial charge in [-0.3, -0.25) is 0 Å². The summed E-state index contributed by atoms with van der Waals surface area (Å²) in [5.74, 6) is 0. The summed E-state index contributed by atoms with van der Waals surface area (Å²) in [5.41, 5.74) is 0. The lowest BCUT2D eigenvalue weighted by Crippen LogP contribution is -2.19. The van der Waals surface area contributed by atoms with E-state index in [-0.39, 0.29) is 17.0 Å². The standard InChI is InChI=1S/C6H8BrN.BrH/c1-8-5-3-2-4-6(8)7;/h2-6H,1H3;1H. The molecule has 0 aromatic heterocycles. The van der Waals surface area contributed by atoms with Crippen molar-refractivity contribution in [3.63, 3.8) is 0 Å². The number of nitrogens with zero attached hydrogens (tertiary/aromatic N) is 1. The van der Waals surface area contributed by atoms with Crippen LogP contribution in [0.4, 0.5) is 0 Å².